The van der Waals surface area contributed by atoms with Crippen LogP contribution in [0.3, 0.4) is 0 Å². The van der Waals surface area contributed by atoms with E-state index in [0.29, 0.717) is 33.6 Å². The Morgan fingerprint density at radius 3 is 2.38 bits per heavy atom. The van der Waals surface area contributed by atoms with Crippen molar-refractivity contribution in [1.29, 1.82) is 0 Å². The molecule has 1 aliphatic heterocycles. The molecule has 0 saturated carbocycles. The largest absolute Gasteiger partial charge is 0.454 e. The van der Waals surface area contributed by atoms with Crippen LogP contribution >= 0.6 is 11.3 Å². The summed E-state index contributed by atoms with van der Waals surface area (Å²) in [6.45, 7) is 4.10. The zero-order chi connectivity index (χ0) is 25.8. The van der Waals surface area contributed by atoms with Crippen molar-refractivity contribution in [3.05, 3.63) is 78.4 Å². The zero-order valence-electron chi connectivity index (χ0n) is 20.4. The lowest BCUT2D eigenvalue weighted by molar-refractivity contribution is -0.119. The summed E-state index contributed by atoms with van der Waals surface area (Å²) in [5.41, 5.74) is 3.39. The molecule has 1 aromatic heterocycles. The first-order chi connectivity index (χ1) is 18.0. The average molecular weight is 515 g/mol. The molecular formula is C28H26N4O4S. The monoisotopic (exact) mass is 514 g/mol. The Balaban J connectivity index is 1.27. The molecule has 0 radical (unpaired) electrons. The van der Waals surface area contributed by atoms with Crippen molar-refractivity contribution >= 4 is 28.3 Å². The number of hydrogen-bond donors (Lipinski definition) is 2. The van der Waals surface area contributed by atoms with Crippen LogP contribution in [0.2, 0.25) is 0 Å². The lowest BCUT2D eigenvalue weighted by Crippen LogP contribution is -2.47. The number of fused-ring (bicyclic) bond motifs is 1. The van der Waals surface area contributed by atoms with Crippen LogP contribution in [0.25, 0.3) is 21.7 Å². The number of hydrogen-bond acceptors (Lipinski definition) is 7. The molecular weight excluding hydrogens is 488 g/mol. The van der Waals surface area contributed by atoms with Crippen LogP contribution in [0.15, 0.2) is 72.8 Å². The quantitative estimate of drug-likeness (QED) is 0.327. The van der Waals surface area contributed by atoms with E-state index in [4.69, 9.17) is 9.47 Å². The number of carbonyl (C=O) groups excluding carboxylic acids is 2. The normalized spacial score (nSPS) is 13.6. The van der Waals surface area contributed by atoms with Crippen LogP contribution in [0.4, 0.5) is 5.13 Å². The van der Waals surface area contributed by atoms with Gasteiger partial charge in [-0.05, 0) is 47.4 Å². The van der Waals surface area contributed by atoms with Gasteiger partial charge in [0.2, 0.25) is 17.8 Å². The average Bonchev–Trinajstić information content (AvgIpc) is 3.61. The minimum absolute atomic E-state index is 0.0891. The maximum atomic E-state index is 13.2. The molecule has 0 aliphatic carbocycles. The van der Waals surface area contributed by atoms with Gasteiger partial charge in [-0.25, -0.2) is 0 Å². The summed E-state index contributed by atoms with van der Waals surface area (Å²) in [5.74, 6) is 0.599. The molecule has 8 nitrogen and oxygen atoms in total. The fourth-order valence-electron chi connectivity index (χ4n) is 3.97. The second-order valence-corrected chi connectivity index (χ2v) is 9.73. The Hall–Kier alpha value is -4.24. The first-order valence-corrected chi connectivity index (χ1v) is 12.8. The highest BCUT2D eigenvalue weighted by Crippen LogP contribution is 2.37. The van der Waals surface area contributed by atoms with E-state index in [1.807, 2.05) is 74.5 Å². The van der Waals surface area contributed by atoms with Gasteiger partial charge in [-0.2, -0.15) is 0 Å². The van der Waals surface area contributed by atoms with Gasteiger partial charge in [0.1, 0.15) is 11.0 Å². The maximum absolute atomic E-state index is 13.2. The molecule has 37 heavy (non-hydrogen) atoms. The number of nitrogens with zero attached hydrogens (tertiary/aromatic N) is 2. The molecule has 5 rings (SSSR count). The zero-order valence-corrected chi connectivity index (χ0v) is 21.2. The topological polar surface area (TPSA) is 102 Å². The molecule has 4 aromatic rings. The van der Waals surface area contributed by atoms with E-state index in [0.717, 1.165) is 16.7 Å². The van der Waals surface area contributed by atoms with Gasteiger partial charge in [0.05, 0.1) is 0 Å². The van der Waals surface area contributed by atoms with E-state index in [9.17, 15) is 9.59 Å². The van der Waals surface area contributed by atoms with Crippen molar-refractivity contribution < 1.29 is 19.1 Å². The second kappa shape index (κ2) is 10.8. The fraction of sp³-hybridized carbons (Fsp3) is 0.214. The van der Waals surface area contributed by atoms with Gasteiger partial charge < -0.3 is 14.8 Å². The summed E-state index contributed by atoms with van der Waals surface area (Å²) >= 11 is 1.25. The van der Waals surface area contributed by atoms with E-state index in [1.165, 1.54) is 11.3 Å². The Labute approximate surface area is 218 Å². The summed E-state index contributed by atoms with van der Waals surface area (Å²) in [6.07, 6.45) is 0.712. The highest BCUT2D eigenvalue weighted by atomic mass is 32.1. The van der Waals surface area contributed by atoms with E-state index in [1.54, 1.807) is 12.1 Å². The van der Waals surface area contributed by atoms with Crippen molar-refractivity contribution in [2.24, 2.45) is 5.92 Å². The molecule has 188 valence electrons. The van der Waals surface area contributed by atoms with E-state index >= 15 is 0 Å². The highest BCUT2D eigenvalue weighted by Gasteiger charge is 2.27. The first kappa shape index (κ1) is 24.5. The molecule has 0 saturated heterocycles. The SMILES string of the molecule is CCC(C)C(NC(=O)c1ccc(-c2ccccc2)cc1)C(=O)Nc1nnc(-c2ccc3c(c2)OCO3)s1. The second-order valence-electron chi connectivity index (χ2n) is 8.75. The number of amides is 2. The van der Waals surface area contributed by atoms with Crippen LogP contribution < -0.4 is 20.1 Å². The lowest BCUT2D eigenvalue weighted by Gasteiger charge is -2.23. The predicted octanol–water partition coefficient (Wildman–Crippen LogP) is 5.38. The summed E-state index contributed by atoms with van der Waals surface area (Å²) in [7, 11) is 0. The molecule has 2 unspecified atom stereocenters. The molecule has 2 amide bonds. The van der Waals surface area contributed by atoms with Gasteiger partial charge in [0.25, 0.3) is 5.91 Å². The van der Waals surface area contributed by atoms with E-state index < -0.39 is 6.04 Å². The smallest absolute Gasteiger partial charge is 0.251 e. The van der Waals surface area contributed by atoms with Crippen molar-refractivity contribution in [2.45, 2.75) is 26.3 Å². The molecule has 1 aliphatic rings. The van der Waals surface area contributed by atoms with Gasteiger partial charge in [-0.15, -0.1) is 10.2 Å². The standard InChI is InChI=1S/C28H26N4O4S/c1-3-17(2)24(29-25(33)20-11-9-19(10-12-20)18-7-5-4-6-8-18)26(34)30-28-32-31-27(37-28)21-13-14-22-23(15-21)36-16-35-22/h4-15,17,24H,3,16H2,1-2H3,(H,29,33)(H,30,32,34). The molecule has 2 N–H and O–H groups in total. The number of anilines is 1. The molecule has 2 heterocycles. The molecule has 0 bridgehead atoms. The third-order valence-electron chi connectivity index (χ3n) is 6.31. The summed E-state index contributed by atoms with van der Waals surface area (Å²) in [4.78, 5) is 26.2. The van der Waals surface area contributed by atoms with Gasteiger partial charge in [-0.1, -0.05) is 74.1 Å². The van der Waals surface area contributed by atoms with Gasteiger partial charge in [0.15, 0.2) is 11.5 Å². The minimum atomic E-state index is -0.732. The van der Waals surface area contributed by atoms with E-state index in [2.05, 4.69) is 20.8 Å². The molecule has 9 heteroatoms. The number of rotatable bonds is 8. The lowest BCUT2D eigenvalue weighted by atomic mass is 9.97. The highest BCUT2D eigenvalue weighted by molar-refractivity contribution is 7.18. The van der Waals surface area contributed by atoms with Crippen molar-refractivity contribution in [2.75, 3.05) is 12.1 Å². The van der Waals surface area contributed by atoms with Gasteiger partial charge in [0, 0.05) is 11.1 Å². The Morgan fingerprint density at radius 1 is 0.919 bits per heavy atom. The van der Waals surface area contributed by atoms with Crippen LogP contribution in [0.5, 0.6) is 11.5 Å². The molecule has 3 aromatic carbocycles. The number of aromatic nitrogens is 2. The van der Waals surface area contributed by atoms with E-state index in [-0.39, 0.29) is 24.5 Å². The molecule has 0 spiro atoms. The van der Waals surface area contributed by atoms with Crippen LogP contribution in [-0.4, -0.2) is 34.8 Å². The summed E-state index contributed by atoms with van der Waals surface area (Å²) in [5, 5.41) is 15.0. The maximum Gasteiger partial charge on any atom is 0.251 e. The fourth-order valence-corrected chi connectivity index (χ4v) is 4.72. The summed E-state index contributed by atoms with van der Waals surface area (Å²) in [6, 6.07) is 22.1. The third kappa shape index (κ3) is 5.46. The van der Waals surface area contributed by atoms with Crippen LogP contribution in [-0.2, 0) is 4.79 Å². The third-order valence-corrected chi connectivity index (χ3v) is 7.20. The van der Waals surface area contributed by atoms with Crippen molar-refractivity contribution in [3.63, 3.8) is 0 Å². The number of benzene rings is 3. The number of ether oxygens (including phenoxy) is 2. The van der Waals surface area contributed by atoms with Crippen LogP contribution in [0, 0.1) is 5.92 Å². The van der Waals surface area contributed by atoms with Gasteiger partial charge in [-0.3, -0.25) is 14.9 Å². The first-order valence-electron chi connectivity index (χ1n) is 12.0. The van der Waals surface area contributed by atoms with Gasteiger partial charge >= 0.3 is 0 Å². The van der Waals surface area contributed by atoms with Crippen molar-refractivity contribution in [3.8, 4) is 33.2 Å². The van der Waals surface area contributed by atoms with Crippen molar-refractivity contribution in [1.82, 2.24) is 15.5 Å². The number of nitrogens with one attached hydrogen (secondary N) is 2. The Kier molecular flexibility index (Phi) is 7.14. The minimum Gasteiger partial charge on any atom is -0.454 e. The summed E-state index contributed by atoms with van der Waals surface area (Å²) < 4.78 is 10.8. The Morgan fingerprint density at radius 2 is 1.62 bits per heavy atom. The van der Waals surface area contributed by atoms with Crippen LogP contribution in [0.1, 0.15) is 30.6 Å². The predicted molar refractivity (Wildman–Crippen MR) is 143 cm³/mol. The molecule has 2 atom stereocenters. The Bertz CT molecular complexity index is 1410. The molecule has 0 fully saturated rings. The number of carbonyl (C=O) groups is 2.